The molecule has 0 spiro atoms. The number of hydrogen-bond donors (Lipinski definition) is 1. The summed E-state index contributed by atoms with van der Waals surface area (Å²) in [4.78, 5) is 15.6. The Labute approximate surface area is 115 Å². The van der Waals surface area contributed by atoms with E-state index in [1.165, 1.54) is 0 Å². The molecule has 0 saturated carbocycles. The summed E-state index contributed by atoms with van der Waals surface area (Å²) in [6.45, 7) is 3.66. The number of pyridine rings is 1. The van der Waals surface area contributed by atoms with E-state index in [1.807, 2.05) is 37.3 Å². The van der Waals surface area contributed by atoms with Gasteiger partial charge in [0.25, 0.3) is 0 Å². The molecule has 0 radical (unpaired) electrons. The molecule has 0 saturated heterocycles. The van der Waals surface area contributed by atoms with E-state index in [-0.39, 0.29) is 5.69 Å². The van der Waals surface area contributed by atoms with Gasteiger partial charge in [0, 0.05) is 22.8 Å². The summed E-state index contributed by atoms with van der Waals surface area (Å²) < 4.78 is 1.58. The lowest BCUT2D eigenvalue weighted by molar-refractivity contribution is 0.0689. The fourth-order valence-corrected chi connectivity index (χ4v) is 2.21. The molecule has 1 aromatic carbocycles. The van der Waals surface area contributed by atoms with Gasteiger partial charge in [-0.15, -0.1) is 0 Å². The molecule has 0 atom stereocenters. The zero-order chi connectivity index (χ0) is 14.3. The molecule has 0 amide bonds. The number of aromatic nitrogens is 3. The summed E-state index contributed by atoms with van der Waals surface area (Å²) in [6.07, 6.45) is 1.71. The van der Waals surface area contributed by atoms with E-state index in [2.05, 4.69) is 10.1 Å². The Bertz CT molecular complexity index is 821. The molecule has 5 nitrogen and oxygen atoms in total. The quantitative estimate of drug-likeness (QED) is 0.775. The number of aryl methyl sites for hydroxylation is 2. The number of hydrogen-bond acceptors (Lipinski definition) is 3. The van der Waals surface area contributed by atoms with Gasteiger partial charge in [0.15, 0.2) is 5.69 Å². The van der Waals surface area contributed by atoms with Gasteiger partial charge in [0.2, 0.25) is 0 Å². The number of nitrogens with zero attached hydrogens (tertiary/aromatic N) is 3. The highest BCUT2D eigenvalue weighted by atomic mass is 16.4. The van der Waals surface area contributed by atoms with Gasteiger partial charge in [-0.05, 0) is 26.0 Å². The van der Waals surface area contributed by atoms with Crippen LogP contribution >= 0.6 is 0 Å². The minimum absolute atomic E-state index is 0.0645. The van der Waals surface area contributed by atoms with Crippen LogP contribution in [0.2, 0.25) is 0 Å². The molecule has 0 aliphatic carbocycles. The summed E-state index contributed by atoms with van der Waals surface area (Å²) in [7, 11) is 0. The maximum absolute atomic E-state index is 11.1. The van der Waals surface area contributed by atoms with Crippen molar-refractivity contribution in [2.24, 2.45) is 0 Å². The Morgan fingerprint density at radius 1 is 1.20 bits per heavy atom. The summed E-state index contributed by atoms with van der Waals surface area (Å²) in [5.74, 6) is -1.02. The third kappa shape index (κ3) is 1.93. The van der Waals surface area contributed by atoms with Crippen molar-refractivity contribution in [2.45, 2.75) is 13.8 Å². The van der Waals surface area contributed by atoms with Crippen LogP contribution < -0.4 is 0 Å². The summed E-state index contributed by atoms with van der Waals surface area (Å²) in [5, 5.41) is 14.2. The first kappa shape index (κ1) is 12.3. The highest BCUT2D eigenvalue weighted by Gasteiger charge is 2.14. The monoisotopic (exact) mass is 267 g/mol. The van der Waals surface area contributed by atoms with Gasteiger partial charge in [-0.2, -0.15) is 5.10 Å². The van der Waals surface area contributed by atoms with Gasteiger partial charge in [-0.1, -0.05) is 18.2 Å². The predicted octanol–water partition coefficient (Wildman–Crippen LogP) is 2.74. The molecule has 100 valence electrons. The lowest BCUT2D eigenvalue weighted by atomic mass is 10.2. The van der Waals surface area contributed by atoms with E-state index in [9.17, 15) is 4.79 Å². The molecule has 3 rings (SSSR count). The van der Waals surface area contributed by atoms with Crippen LogP contribution in [0.4, 0.5) is 0 Å². The molecule has 3 aromatic rings. The molecule has 20 heavy (non-hydrogen) atoms. The molecule has 1 N–H and O–H groups in total. The second kappa shape index (κ2) is 4.45. The van der Waals surface area contributed by atoms with Gasteiger partial charge < -0.3 is 5.11 Å². The van der Waals surface area contributed by atoms with Crippen LogP contribution in [0.15, 0.2) is 36.5 Å². The summed E-state index contributed by atoms with van der Waals surface area (Å²) >= 11 is 0. The SMILES string of the molecule is Cc1ccc2cccc(-n3cc(C)c(C(=O)O)n3)c2n1. The number of benzene rings is 1. The molecule has 0 fully saturated rings. The van der Waals surface area contributed by atoms with Gasteiger partial charge in [0.1, 0.15) is 0 Å². The lowest BCUT2D eigenvalue weighted by Gasteiger charge is -2.06. The highest BCUT2D eigenvalue weighted by molar-refractivity contribution is 5.88. The van der Waals surface area contributed by atoms with E-state index in [1.54, 1.807) is 17.8 Å². The number of carbonyl (C=O) groups is 1. The minimum atomic E-state index is -1.02. The third-order valence-corrected chi connectivity index (χ3v) is 3.18. The van der Waals surface area contributed by atoms with Crippen LogP contribution in [0, 0.1) is 13.8 Å². The normalized spacial score (nSPS) is 10.9. The number of carboxylic acid groups (broad SMARTS) is 1. The van der Waals surface area contributed by atoms with Crippen molar-refractivity contribution in [3.05, 3.63) is 53.5 Å². The highest BCUT2D eigenvalue weighted by Crippen LogP contribution is 2.21. The van der Waals surface area contributed by atoms with Crippen molar-refractivity contribution in [2.75, 3.05) is 0 Å². The molecular weight excluding hydrogens is 254 g/mol. The van der Waals surface area contributed by atoms with Crippen molar-refractivity contribution in [3.63, 3.8) is 0 Å². The van der Waals surface area contributed by atoms with Gasteiger partial charge in [0.05, 0.1) is 11.2 Å². The number of fused-ring (bicyclic) bond motifs is 1. The first-order valence-corrected chi connectivity index (χ1v) is 6.22. The van der Waals surface area contributed by atoms with E-state index in [4.69, 9.17) is 5.11 Å². The van der Waals surface area contributed by atoms with E-state index in [0.29, 0.717) is 5.56 Å². The summed E-state index contributed by atoms with van der Waals surface area (Å²) in [5.41, 5.74) is 3.19. The first-order valence-electron chi connectivity index (χ1n) is 6.22. The van der Waals surface area contributed by atoms with Crippen LogP contribution in [0.5, 0.6) is 0 Å². The third-order valence-electron chi connectivity index (χ3n) is 3.18. The molecule has 0 unspecified atom stereocenters. The first-order chi connectivity index (χ1) is 9.56. The molecule has 2 heterocycles. The molecule has 0 aliphatic rings. The Kier molecular flexibility index (Phi) is 2.75. The second-order valence-electron chi connectivity index (χ2n) is 4.71. The number of aromatic carboxylic acids is 1. The number of carboxylic acids is 1. The van der Waals surface area contributed by atoms with Crippen LogP contribution in [0.25, 0.3) is 16.6 Å². The smallest absolute Gasteiger partial charge is 0.356 e. The Morgan fingerprint density at radius 2 is 2.00 bits per heavy atom. The second-order valence-corrected chi connectivity index (χ2v) is 4.71. The zero-order valence-corrected chi connectivity index (χ0v) is 11.2. The number of para-hydroxylation sites is 1. The van der Waals surface area contributed by atoms with Crippen LogP contribution in [-0.4, -0.2) is 25.8 Å². The zero-order valence-electron chi connectivity index (χ0n) is 11.2. The molecular formula is C15H13N3O2. The average Bonchev–Trinajstić information content (AvgIpc) is 2.80. The van der Waals surface area contributed by atoms with Crippen LogP contribution in [-0.2, 0) is 0 Å². The van der Waals surface area contributed by atoms with Gasteiger partial charge in [-0.25, -0.2) is 9.48 Å². The maximum Gasteiger partial charge on any atom is 0.356 e. The van der Waals surface area contributed by atoms with Gasteiger partial charge in [-0.3, -0.25) is 4.98 Å². The predicted molar refractivity (Wildman–Crippen MR) is 75.3 cm³/mol. The fourth-order valence-electron chi connectivity index (χ4n) is 2.21. The van der Waals surface area contributed by atoms with Crippen molar-refractivity contribution in [3.8, 4) is 5.69 Å². The Morgan fingerprint density at radius 3 is 2.70 bits per heavy atom. The standard InChI is InChI=1S/C15H13N3O2/c1-9-8-18(17-13(9)15(19)20)12-5-3-4-11-7-6-10(2)16-14(11)12/h3-8H,1-2H3,(H,19,20). The molecule has 0 aliphatic heterocycles. The Balaban J connectivity index is 2.26. The molecule has 5 heteroatoms. The van der Waals surface area contributed by atoms with E-state index < -0.39 is 5.97 Å². The summed E-state index contributed by atoms with van der Waals surface area (Å²) in [6, 6.07) is 9.71. The van der Waals surface area contributed by atoms with E-state index >= 15 is 0 Å². The van der Waals surface area contributed by atoms with Crippen molar-refractivity contribution in [1.82, 2.24) is 14.8 Å². The van der Waals surface area contributed by atoms with Crippen LogP contribution in [0.3, 0.4) is 0 Å². The average molecular weight is 267 g/mol. The Hall–Kier alpha value is -2.69. The van der Waals surface area contributed by atoms with Crippen molar-refractivity contribution < 1.29 is 9.90 Å². The minimum Gasteiger partial charge on any atom is -0.476 e. The maximum atomic E-state index is 11.1. The molecule has 2 aromatic heterocycles. The van der Waals surface area contributed by atoms with Crippen LogP contribution in [0.1, 0.15) is 21.7 Å². The van der Waals surface area contributed by atoms with Gasteiger partial charge >= 0.3 is 5.97 Å². The lowest BCUT2D eigenvalue weighted by Crippen LogP contribution is -2.02. The van der Waals surface area contributed by atoms with Crippen molar-refractivity contribution in [1.29, 1.82) is 0 Å². The molecule has 0 bridgehead atoms. The van der Waals surface area contributed by atoms with E-state index in [0.717, 1.165) is 22.3 Å². The number of rotatable bonds is 2. The largest absolute Gasteiger partial charge is 0.476 e. The topological polar surface area (TPSA) is 68.0 Å². The van der Waals surface area contributed by atoms with Crippen molar-refractivity contribution >= 4 is 16.9 Å². The fraction of sp³-hybridized carbons (Fsp3) is 0.133.